The highest BCUT2D eigenvalue weighted by molar-refractivity contribution is 5.98. The number of aromatic nitrogens is 1. The molecule has 0 fully saturated rings. The van der Waals surface area contributed by atoms with Crippen LogP contribution in [0.3, 0.4) is 0 Å². The largest absolute Gasteiger partial charge is 0.481 e. The molecule has 0 saturated carbocycles. The molecule has 3 aromatic rings. The van der Waals surface area contributed by atoms with Gasteiger partial charge in [-0.25, -0.2) is 4.98 Å². The molecule has 100 valence electrons. The first-order valence-electron chi connectivity index (χ1n) is 6.54. The van der Waals surface area contributed by atoms with Crippen molar-refractivity contribution in [3.63, 3.8) is 0 Å². The molecule has 3 rings (SSSR count). The summed E-state index contributed by atoms with van der Waals surface area (Å²) in [5.74, 6) is 0.664. The molecule has 2 aromatic carbocycles. The molecule has 0 saturated heterocycles. The van der Waals surface area contributed by atoms with Crippen LogP contribution in [0.5, 0.6) is 5.88 Å². The third kappa shape index (κ3) is 2.30. The maximum absolute atomic E-state index is 5.37. The molecule has 0 atom stereocenters. The van der Waals surface area contributed by atoms with Crippen molar-refractivity contribution in [2.75, 3.05) is 12.4 Å². The fourth-order valence-corrected chi connectivity index (χ4v) is 2.31. The molecule has 0 radical (unpaired) electrons. The lowest BCUT2D eigenvalue weighted by molar-refractivity contribution is 0.402. The number of nitrogens with zero attached hydrogens (tertiary/aromatic N) is 1. The minimum Gasteiger partial charge on any atom is -0.481 e. The summed E-state index contributed by atoms with van der Waals surface area (Å²) < 4.78 is 5.37. The van der Waals surface area contributed by atoms with E-state index in [1.807, 2.05) is 49.4 Å². The third-order valence-electron chi connectivity index (χ3n) is 3.21. The zero-order valence-electron chi connectivity index (χ0n) is 11.6. The van der Waals surface area contributed by atoms with Crippen molar-refractivity contribution < 1.29 is 4.74 Å². The van der Waals surface area contributed by atoms with Crippen molar-refractivity contribution in [1.82, 2.24) is 4.98 Å². The average Bonchev–Trinajstić information content (AvgIpc) is 2.48. The Morgan fingerprint density at radius 1 is 0.950 bits per heavy atom. The van der Waals surface area contributed by atoms with E-state index in [1.165, 1.54) is 0 Å². The van der Waals surface area contributed by atoms with Gasteiger partial charge in [0.05, 0.1) is 7.11 Å². The number of rotatable bonds is 3. The number of nitrogens with one attached hydrogen (secondary N) is 1. The molecule has 0 spiro atoms. The third-order valence-corrected chi connectivity index (χ3v) is 3.21. The standard InChI is InChI=1S/C17H16N2O/c1-12-11-15-14(17(18-12)20-2)9-6-10-16(15)19-13-7-4-3-5-8-13/h3-11,19H,1-2H3. The van der Waals surface area contributed by atoms with E-state index in [1.54, 1.807) is 7.11 Å². The molecule has 0 aliphatic heterocycles. The monoisotopic (exact) mass is 264 g/mol. The Bertz CT molecular complexity index is 739. The van der Waals surface area contributed by atoms with Gasteiger partial charge in [0.15, 0.2) is 0 Å². The molecule has 0 aliphatic rings. The minimum absolute atomic E-state index is 0.664. The van der Waals surface area contributed by atoms with Crippen LogP contribution in [0.1, 0.15) is 5.69 Å². The van der Waals surface area contributed by atoms with E-state index in [-0.39, 0.29) is 0 Å². The normalized spacial score (nSPS) is 10.5. The molecular formula is C17H16N2O. The second-order valence-corrected chi connectivity index (χ2v) is 4.66. The summed E-state index contributed by atoms with van der Waals surface area (Å²) in [4.78, 5) is 4.42. The van der Waals surface area contributed by atoms with Gasteiger partial charge in [0, 0.05) is 27.8 Å². The predicted octanol–water partition coefficient (Wildman–Crippen LogP) is 4.30. The van der Waals surface area contributed by atoms with Gasteiger partial charge < -0.3 is 10.1 Å². The molecule has 0 amide bonds. The van der Waals surface area contributed by atoms with Gasteiger partial charge in [0.1, 0.15) is 0 Å². The number of benzene rings is 2. The van der Waals surface area contributed by atoms with E-state index in [0.29, 0.717) is 5.88 Å². The van der Waals surface area contributed by atoms with Crippen LogP contribution in [0.4, 0.5) is 11.4 Å². The number of anilines is 2. The van der Waals surface area contributed by atoms with Crippen LogP contribution in [0.2, 0.25) is 0 Å². The Morgan fingerprint density at radius 2 is 1.75 bits per heavy atom. The van der Waals surface area contributed by atoms with Crippen LogP contribution in [0, 0.1) is 6.92 Å². The van der Waals surface area contributed by atoms with E-state index < -0.39 is 0 Å². The first-order chi connectivity index (χ1) is 9.78. The van der Waals surface area contributed by atoms with Crippen molar-refractivity contribution in [3.8, 4) is 5.88 Å². The summed E-state index contributed by atoms with van der Waals surface area (Å²) in [7, 11) is 1.65. The zero-order valence-corrected chi connectivity index (χ0v) is 11.6. The van der Waals surface area contributed by atoms with Crippen LogP contribution >= 0.6 is 0 Å². The lowest BCUT2D eigenvalue weighted by atomic mass is 10.1. The van der Waals surface area contributed by atoms with Crippen molar-refractivity contribution in [3.05, 3.63) is 60.3 Å². The van der Waals surface area contributed by atoms with Crippen LogP contribution in [-0.4, -0.2) is 12.1 Å². The van der Waals surface area contributed by atoms with Gasteiger partial charge in [-0.3, -0.25) is 0 Å². The van der Waals surface area contributed by atoms with Crippen LogP contribution in [-0.2, 0) is 0 Å². The summed E-state index contributed by atoms with van der Waals surface area (Å²) in [6.45, 7) is 1.97. The zero-order chi connectivity index (χ0) is 13.9. The molecule has 1 aromatic heterocycles. The fourth-order valence-electron chi connectivity index (χ4n) is 2.31. The average molecular weight is 264 g/mol. The van der Waals surface area contributed by atoms with Gasteiger partial charge >= 0.3 is 0 Å². The first-order valence-corrected chi connectivity index (χ1v) is 6.54. The number of para-hydroxylation sites is 1. The Kier molecular flexibility index (Phi) is 3.25. The Balaban J connectivity index is 2.14. The maximum Gasteiger partial charge on any atom is 0.221 e. The van der Waals surface area contributed by atoms with Crippen molar-refractivity contribution in [1.29, 1.82) is 0 Å². The van der Waals surface area contributed by atoms with Crippen LogP contribution in [0.25, 0.3) is 10.8 Å². The van der Waals surface area contributed by atoms with E-state index in [4.69, 9.17) is 4.74 Å². The summed E-state index contributed by atoms with van der Waals surface area (Å²) in [5, 5.41) is 5.57. The Hall–Kier alpha value is -2.55. The van der Waals surface area contributed by atoms with E-state index in [9.17, 15) is 0 Å². The second kappa shape index (κ2) is 5.21. The summed E-state index contributed by atoms with van der Waals surface area (Å²) >= 11 is 0. The minimum atomic E-state index is 0.664. The number of hydrogen-bond donors (Lipinski definition) is 1. The molecule has 0 aliphatic carbocycles. The van der Waals surface area contributed by atoms with Crippen LogP contribution in [0.15, 0.2) is 54.6 Å². The summed E-state index contributed by atoms with van der Waals surface area (Å²) in [5.41, 5.74) is 3.06. The highest BCUT2D eigenvalue weighted by Crippen LogP contribution is 2.31. The summed E-state index contributed by atoms with van der Waals surface area (Å²) in [6, 6.07) is 18.3. The van der Waals surface area contributed by atoms with Gasteiger partial charge in [-0.2, -0.15) is 0 Å². The molecule has 3 nitrogen and oxygen atoms in total. The van der Waals surface area contributed by atoms with Gasteiger partial charge in [0.2, 0.25) is 5.88 Å². The number of hydrogen-bond acceptors (Lipinski definition) is 3. The first kappa shape index (κ1) is 12.5. The highest BCUT2D eigenvalue weighted by atomic mass is 16.5. The van der Waals surface area contributed by atoms with Crippen molar-refractivity contribution >= 4 is 22.1 Å². The van der Waals surface area contributed by atoms with Gasteiger partial charge in [-0.15, -0.1) is 0 Å². The quantitative estimate of drug-likeness (QED) is 0.766. The van der Waals surface area contributed by atoms with Crippen LogP contribution < -0.4 is 10.1 Å². The van der Waals surface area contributed by atoms with Gasteiger partial charge in [-0.05, 0) is 37.3 Å². The highest BCUT2D eigenvalue weighted by Gasteiger charge is 2.08. The summed E-state index contributed by atoms with van der Waals surface area (Å²) in [6.07, 6.45) is 0. The number of methoxy groups -OCH3 is 1. The SMILES string of the molecule is COc1nc(C)cc2c(Nc3ccccc3)cccc12. The van der Waals surface area contributed by atoms with E-state index >= 15 is 0 Å². The number of aryl methyl sites for hydroxylation is 1. The Morgan fingerprint density at radius 3 is 2.50 bits per heavy atom. The topological polar surface area (TPSA) is 34.1 Å². The van der Waals surface area contributed by atoms with Gasteiger partial charge in [0.25, 0.3) is 0 Å². The lowest BCUT2D eigenvalue weighted by Gasteiger charge is -2.12. The number of fused-ring (bicyclic) bond motifs is 1. The molecule has 1 heterocycles. The molecular weight excluding hydrogens is 248 g/mol. The molecule has 0 bridgehead atoms. The van der Waals surface area contributed by atoms with E-state index in [0.717, 1.165) is 27.8 Å². The molecule has 3 heteroatoms. The number of ether oxygens (including phenoxy) is 1. The van der Waals surface area contributed by atoms with E-state index in [2.05, 4.69) is 22.4 Å². The van der Waals surface area contributed by atoms with Crippen molar-refractivity contribution in [2.45, 2.75) is 6.92 Å². The Labute approximate surface area is 118 Å². The molecule has 1 N–H and O–H groups in total. The number of pyridine rings is 1. The predicted molar refractivity (Wildman–Crippen MR) is 82.8 cm³/mol. The van der Waals surface area contributed by atoms with Gasteiger partial charge in [-0.1, -0.05) is 24.3 Å². The molecule has 0 unspecified atom stereocenters. The fraction of sp³-hybridized carbons (Fsp3) is 0.118. The smallest absolute Gasteiger partial charge is 0.221 e. The maximum atomic E-state index is 5.37. The van der Waals surface area contributed by atoms with Crippen molar-refractivity contribution in [2.24, 2.45) is 0 Å². The lowest BCUT2D eigenvalue weighted by Crippen LogP contribution is -1.95. The second-order valence-electron chi connectivity index (χ2n) is 4.66. The molecule has 20 heavy (non-hydrogen) atoms.